The molecule has 4 fully saturated rings. The van der Waals surface area contributed by atoms with Crippen molar-refractivity contribution >= 4 is 11.6 Å². The maximum Gasteiger partial charge on any atom is 0.179 e. The number of hydrogen-bond donors (Lipinski definition) is 1. The summed E-state index contributed by atoms with van der Waals surface area (Å²) in [7, 11) is 3.30. The minimum Gasteiger partial charge on any atom is -0.493 e. The van der Waals surface area contributed by atoms with E-state index in [-0.39, 0.29) is 0 Å². The molecule has 0 aromatic heterocycles. The lowest BCUT2D eigenvalue weighted by Gasteiger charge is -2.57. The number of rotatable bonds is 6. The molecule has 4 aliphatic rings. The van der Waals surface area contributed by atoms with Gasteiger partial charge in [0.25, 0.3) is 0 Å². The molecule has 0 amide bonds. The van der Waals surface area contributed by atoms with Crippen LogP contribution in [0.15, 0.2) is 12.1 Å². The summed E-state index contributed by atoms with van der Waals surface area (Å²) in [5, 5.41) is 3.16. The molecule has 4 aliphatic carbocycles. The van der Waals surface area contributed by atoms with Gasteiger partial charge < -0.3 is 14.8 Å². The van der Waals surface area contributed by atoms with Gasteiger partial charge in [-0.25, -0.2) is 0 Å². The molecule has 5 rings (SSSR count). The number of ether oxygens (including phenoxy) is 2. The highest BCUT2D eigenvalue weighted by atomic mass is 35.5. The van der Waals surface area contributed by atoms with Gasteiger partial charge in [0, 0.05) is 11.0 Å². The van der Waals surface area contributed by atoms with E-state index >= 15 is 0 Å². The number of quaternary nitrogens is 1. The standard InChI is InChI=1S/C21H30ClNO2/c1-13(21-9-14-4-15(10-21)6-16(5-14)11-21)23-12-17-7-18(22)20(25-3)19(8-17)24-2/h7-8,13-16,23H,4-6,9-12H2,1-3H3/p+1/t13-,14?,15?,16?,21?/m1/s1. The summed E-state index contributed by atoms with van der Waals surface area (Å²) >= 11 is 6.37. The summed E-state index contributed by atoms with van der Waals surface area (Å²) in [4.78, 5) is 0. The van der Waals surface area contributed by atoms with Crippen LogP contribution < -0.4 is 14.8 Å². The van der Waals surface area contributed by atoms with Gasteiger partial charge in [0.2, 0.25) is 0 Å². The monoisotopic (exact) mass is 364 g/mol. The normalized spacial score (nSPS) is 34.2. The summed E-state index contributed by atoms with van der Waals surface area (Å²) in [6.07, 6.45) is 8.92. The second kappa shape index (κ2) is 6.66. The van der Waals surface area contributed by atoms with Gasteiger partial charge in [0.05, 0.1) is 25.3 Å². The topological polar surface area (TPSA) is 35.1 Å². The molecular weight excluding hydrogens is 334 g/mol. The number of methoxy groups -OCH3 is 2. The third-order valence-corrected chi connectivity index (χ3v) is 7.53. The number of hydrogen-bond acceptors (Lipinski definition) is 2. The van der Waals surface area contributed by atoms with E-state index in [0.29, 0.717) is 22.2 Å². The van der Waals surface area contributed by atoms with Gasteiger partial charge in [0.15, 0.2) is 11.5 Å². The largest absolute Gasteiger partial charge is 0.493 e. The van der Waals surface area contributed by atoms with Crippen LogP contribution in [0.1, 0.15) is 51.0 Å². The molecule has 25 heavy (non-hydrogen) atoms. The van der Waals surface area contributed by atoms with Crippen molar-refractivity contribution in [2.45, 2.75) is 58.0 Å². The van der Waals surface area contributed by atoms with Gasteiger partial charge in [-0.15, -0.1) is 0 Å². The number of benzene rings is 1. The summed E-state index contributed by atoms with van der Waals surface area (Å²) in [6.45, 7) is 3.40. The lowest BCUT2D eigenvalue weighted by atomic mass is 9.48. The first-order chi connectivity index (χ1) is 12.0. The predicted octanol–water partition coefficient (Wildman–Crippen LogP) is 4.03. The van der Waals surface area contributed by atoms with Crippen molar-refractivity contribution in [2.75, 3.05) is 14.2 Å². The second-order valence-corrected chi connectivity index (χ2v) is 9.23. The molecule has 2 N–H and O–H groups in total. The molecular formula is C21H31ClNO2+. The molecule has 0 saturated heterocycles. The highest BCUT2D eigenvalue weighted by molar-refractivity contribution is 6.32. The van der Waals surface area contributed by atoms with E-state index in [0.717, 1.165) is 30.0 Å². The smallest absolute Gasteiger partial charge is 0.179 e. The molecule has 4 heteroatoms. The molecule has 0 radical (unpaired) electrons. The Kier molecular flexibility index (Phi) is 4.66. The van der Waals surface area contributed by atoms with Crippen LogP contribution in [0.25, 0.3) is 0 Å². The Morgan fingerprint density at radius 2 is 1.68 bits per heavy atom. The molecule has 0 heterocycles. The van der Waals surface area contributed by atoms with Gasteiger partial charge in [-0.05, 0) is 75.3 Å². The Morgan fingerprint density at radius 1 is 1.08 bits per heavy atom. The van der Waals surface area contributed by atoms with Crippen LogP contribution in [0.2, 0.25) is 5.02 Å². The van der Waals surface area contributed by atoms with E-state index < -0.39 is 0 Å². The zero-order valence-corrected chi connectivity index (χ0v) is 16.4. The maximum atomic E-state index is 6.37. The molecule has 4 bridgehead atoms. The zero-order chi connectivity index (χ0) is 17.6. The van der Waals surface area contributed by atoms with E-state index in [1.165, 1.54) is 44.1 Å². The fraction of sp³-hybridized carbons (Fsp3) is 0.714. The Bertz CT molecular complexity index is 610. The lowest BCUT2D eigenvalue weighted by molar-refractivity contribution is -0.717. The van der Waals surface area contributed by atoms with Gasteiger partial charge in [-0.2, -0.15) is 0 Å². The van der Waals surface area contributed by atoms with Crippen molar-refractivity contribution < 1.29 is 14.8 Å². The Balaban J connectivity index is 1.46. The molecule has 0 unspecified atom stereocenters. The quantitative estimate of drug-likeness (QED) is 0.827. The minimum atomic E-state index is 0.578. The van der Waals surface area contributed by atoms with Crippen LogP contribution in [-0.2, 0) is 6.54 Å². The molecule has 1 atom stereocenters. The Morgan fingerprint density at radius 3 is 2.20 bits per heavy atom. The molecule has 138 valence electrons. The number of nitrogens with two attached hydrogens (primary N) is 1. The predicted molar refractivity (Wildman–Crippen MR) is 100 cm³/mol. The van der Waals surface area contributed by atoms with Crippen LogP contribution in [0, 0.1) is 23.2 Å². The van der Waals surface area contributed by atoms with E-state index in [2.05, 4.69) is 18.3 Å². The first-order valence-electron chi connectivity index (χ1n) is 9.76. The Hall–Kier alpha value is -0.930. The van der Waals surface area contributed by atoms with Crippen LogP contribution in [0.4, 0.5) is 0 Å². The third kappa shape index (κ3) is 3.14. The molecule has 0 aliphatic heterocycles. The van der Waals surface area contributed by atoms with Crippen molar-refractivity contribution in [3.63, 3.8) is 0 Å². The molecule has 4 saturated carbocycles. The van der Waals surface area contributed by atoms with Crippen molar-refractivity contribution in [1.29, 1.82) is 0 Å². The lowest BCUT2D eigenvalue weighted by Crippen LogP contribution is -2.91. The van der Waals surface area contributed by atoms with Crippen molar-refractivity contribution in [3.05, 3.63) is 22.7 Å². The zero-order valence-electron chi connectivity index (χ0n) is 15.7. The average Bonchev–Trinajstić information content (AvgIpc) is 2.57. The van der Waals surface area contributed by atoms with E-state index in [1.807, 2.05) is 6.07 Å². The second-order valence-electron chi connectivity index (χ2n) is 8.82. The maximum absolute atomic E-state index is 6.37. The summed E-state index contributed by atoms with van der Waals surface area (Å²) < 4.78 is 10.8. The minimum absolute atomic E-state index is 0.578. The number of halogens is 1. The summed E-state index contributed by atoms with van der Waals surface area (Å²) in [5.74, 6) is 4.38. The van der Waals surface area contributed by atoms with Crippen molar-refractivity contribution in [2.24, 2.45) is 23.2 Å². The van der Waals surface area contributed by atoms with Gasteiger partial charge >= 0.3 is 0 Å². The van der Waals surface area contributed by atoms with Crippen LogP contribution in [-0.4, -0.2) is 20.3 Å². The van der Waals surface area contributed by atoms with E-state index in [1.54, 1.807) is 14.2 Å². The molecule has 3 nitrogen and oxygen atoms in total. The van der Waals surface area contributed by atoms with E-state index in [9.17, 15) is 0 Å². The van der Waals surface area contributed by atoms with Crippen LogP contribution >= 0.6 is 11.6 Å². The van der Waals surface area contributed by atoms with Gasteiger partial charge in [-0.1, -0.05) is 11.6 Å². The fourth-order valence-corrected chi connectivity index (χ4v) is 6.70. The van der Waals surface area contributed by atoms with Gasteiger partial charge in [-0.3, -0.25) is 0 Å². The molecule has 1 aromatic rings. The molecule has 1 aromatic carbocycles. The third-order valence-electron chi connectivity index (χ3n) is 7.25. The van der Waals surface area contributed by atoms with E-state index in [4.69, 9.17) is 21.1 Å². The highest BCUT2D eigenvalue weighted by Crippen LogP contribution is 2.60. The first-order valence-corrected chi connectivity index (χ1v) is 10.1. The van der Waals surface area contributed by atoms with Crippen molar-refractivity contribution in [3.8, 4) is 11.5 Å². The summed E-state index contributed by atoms with van der Waals surface area (Å²) in [5.41, 5.74) is 1.79. The molecule has 0 spiro atoms. The van der Waals surface area contributed by atoms with Crippen LogP contribution in [0.3, 0.4) is 0 Å². The fourth-order valence-electron chi connectivity index (χ4n) is 6.39. The van der Waals surface area contributed by atoms with Crippen molar-refractivity contribution in [1.82, 2.24) is 0 Å². The van der Waals surface area contributed by atoms with Gasteiger partial charge in [0.1, 0.15) is 6.54 Å². The highest BCUT2D eigenvalue weighted by Gasteiger charge is 2.54. The summed E-state index contributed by atoms with van der Waals surface area (Å²) in [6, 6.07) is 4.76. The van der Waals surface area contributed by atoms with Crippen LogP contribution in [0.5, 0.6) is 11.5 Å². The average molecular weight is 365 g/mol. The SMILES string of the molecule is COc1cc(C[NH2+][C@H](C)C23CC4CC(CC(C4)C2)C3)cc(Cl)c1OC. The first kappa shape index (κ1) is 17.5. The Labute approximate surface area is 156 Å².